The number of rotatable bonds is 5. The van der Waals surface area contributed by atoms with Crippen LogP contribution in [0.5, 0.6) is 5.75 Å². The standard InChI is InChI=1S/C19H24N2O3/c1-12-14-5-3-4-13(15(14)6-7-18(12)24-2)10-21-17-11-20-9-8-16(17)19(22)23/h6-9,11,13,19,21-23H,3-5,10H2,1-2H3/t13-/m0/s1. The summed E-state index contributed by atoms with van der Waals surface area (Å²) in [6.07, 6.45) is 5.05. The van der Waals surface area contributed by atoms with Gasteiger partial charge >= 0.3 is 0 Å². The number of methoxy groups -OCH3 is 1. The Bertz CT molecular complexity index is 716. The third kappa shape index (κ3) is 3.23. The molecule has 0 aliphatic heterocycles. The minimum atomic E-state index is -1.50. The van der Waals surface area contributed by atoms with Crippen LogP contribution in [0.3, 0.4) is 0 Å². The fourth-order valence-electron chi connectivity index (χ4n) is 3.60. The van der Waals surface area contributed by atoms with Crippen molar-refractivity contribution in [3.63, 3.8) is 0 Å². The molecule has 24 heavy (non-hydrogen) atoms. The van der Waals surface area contributed by atoms with Crippen molar-refractivity contribution in [1.29, 1.82) is 0 Å². The fourth-order valence-corrected chi connectivity index (χ4v) is 3.60. The van der Waals surface area contributed by atoms with Crippen LogP contribution in [0.15, 0.2) is 30.6 Å². The van der Waals surface area contributed by atoms with Crippen LogP contribution in [-0.2, 0) is 6.42 Å². The molecule has 2 aromatic rings. The summed E-state index contributed by atoms with van der Waals surface area (Å²) in [6, 6.07) is 5.83. The predicted octanol–water partition coefficient (Wildman–Crippen LogP) is 2.91. The predicted molar refractivity (Wildman–Crippen MR) is 93.3 cm³/mol. The van der Waals surface area contributed by atoms with Crippen LogP contribution in [0.25, 0.3) is 0 Å². The molecule has 1 heterocycles. The molecule has 3 N–H and O–H groups in total. The summed E-state index contributed by atoms with van der Waals surface area (Å²) >= 11 is 0. The lowest BCUT2D eigenvalue weighted by Gasteiger charge is -2.28. The van der Waals surface area contributed by atoms with E-state index in [-0.39, 0.29) is 0 Å². The van der Waals surface area contributed by atoms with Gasteiger partial charge in [0, 0.05) is 24.2 Å². The molecule has 1 aliphatic carbocycles. The van der Waals surface area contributed by atoms with Gasteiger partial charge in [0.15, 0.2) is 6.29 Å². The number of benzene rings is 1. The van der Waals surface area contributed by atoms with Gasteiger partial charge in [0.1, 0.15) is 5.75 Å². The van der Waals surface area contributed by atoms with Gasteiger partial charge in [-0.25, -0.2) is 0 Å². The minimum absolute atomic E-state index is 0.391. The molecule has 1 aliphatic rings. The number of pyridine rings is 1. The second kappa shape index (κ2) is 7.20. The van der Waals surface area contributed by atoms with E-state index in [4.69, 9.17) is 4.74 Å². The topological polar surface area (TPSA) is 74.6 Å². The first-order valence-corrected chi connectivity index (χ1v) is 8.32. The zero-order valence-electron chi connectivity index (χ0n) is 14.1. The molecule has 0 bridgehead atoms. The Balaban J connectivity index is 1.80. The second-order valence-electron chi connectivity index (χ2n) is 6.27. The van der Waals surface area contributed by atoms with E-state index >= 15 is 0 Å². The molecule has 3 rings (SSSR count). The average Bonchev–Trinajstić information content (AvgIpc) is 2.60. The lowest BCUT2D eigenvalue weighted by Crippen LogP contribution is -2.20. The van der Waals surface area contributed by atoms with Crippen molar-refractivity contribution < 1.29 is 14.9 Å². The van der Waals surface area contributed by atoms with Gasteiger partial charge in [-0.05, 0) is 55.0 Å². The van der Waals surface area contributed by atoms with Gasteiger partial charge < -0.3 is 20.3 Å². The van der Waals surface area contributed by atoms with E-state index in [1.54, 1.807) is 25.6 Å². The summed E-state index contributed by atoms with van der Waals surface area (Å²) in [5.41, 5.74) is 5.10. The van der Waals surface area contributed by atoms with E-state index in [1.165, 1.54) is 16.7 Å². The van der Waals surface area contributed by atoms with E-state index in [1.807, 2.05) is 6.07 Å². The van der Waals surface area contributed by atoms with Crippen molar-refractivity contribution in [2.24, 2.45) is 0 Å². The Kier molecular flexibility index (Phi) is 5.02. The Hall–Kier alpha value is -2.11. The van der Waals surface area contributed by atoms with Crippen molar-refractivity contribution in [3.8, 4) is 5.75 Å². The van der Waals surface area contributed by atoms with Crippen molar-refractivity contribution in [3.05, 3.63) is 52.8 Å². The molecule has 0 amide bonds. The highest BCUT2D eigenvalue weighted by Gasteiger charge is 2.23. The van der Waals surface area contributed by atoms with E-state index in [9.17, 15) is 10.2 Å². The number of aromatic nitrogens is 1. The summed E-state index contributed by atoms with van der Waals surface area (Å²) in [6.45, 7) is 2.86. The van der Waals surface area contributed by atoms with Gasteiger partial charge in [0.05, 0.1) is 19.0 Å². The summed E-state index contributed by atoms with van der Waals surface area (Å²) in [7, 11) is 1.71. The number of hydrogen-bond acceptors (Lipinski definition) is 5. The highest BCUT2D eigenvalue weighted by atomic mass is 16.5. The molecule has 0 radical (unpaired) electrons. The smallest absolute Gasteiger partial charge is 0.180 e. The number of aliphatic hydroxyl groups excluding tert-OH is 1. The maximum absolute atomic E-state index is 9.47. The van der Waals surface area contributed by atoms with E-state index < -0.39 is 6.29 Å². The van der Waals surface area contributed by atoms with Crippen LogP contribution in [0.2, 0.25) is 0 Å². The number of nitrogens with one attached hydrogen (secondary N) is 1. The zero-order valence-corrected chi connectivity index (χ0v) is 14.1. The van der Waals surface area contributed by atoms with Crippen LogP contribution in [-0.4, -0.2) is 28.9 Å². The van der Waals surface area contributed by atoms with Crippen LogP contribution < -0.4 is 10.1 Å². The quantitative estimate of drug-likeness (QED) is 0.736. The Morgan fingerprint density at radius 1 is 1.33 bits per heavy atom. The monoisotopic (exact) mass is 328 g/mol. The van der Waals surface area contributed by atoms with Crippen LogP contribution in [0.1, 0.15) is 47.3 Å². The van der Waals surface area contributed by atoms with E-state index in [0.29, 0.717) is 17.2 Å². The lowest BCUT2D eigenvalue weighted by atomic mass is 9.80. The SMILES string of the molecule is COc1ccc2c(c1C)CCC[C@H]2CNc1cnccc1C(O)O. The van der Waals surface area contributed by atoms with Crippen LogP contribution >= 0.6 is 0 Å². The van der Waals surface area contributed by atoms with E-state index in [0.717, 1.165) is 31.6 Å². The summed E-state index contributed by atoms with van der Waals surface area (Å²) in [4.78, 5) is 4.07. The van der Waals surface area contributed by atoms with Crippen molar-refractivity contribution in [2.75, 3.05) is 19.0 Å². The normalized spacial score (nSPS) is 16.8. The number of anilines is 1. The van der Waals surface area contributed by atoms with Gasteiger partial charge in [-0.2, -0.15) is 0 Å². The third-order valence-corrected chi connectivity index (χ3v) is 4.90. The molecule has 1 aromatic carbocycles. The third-order valence-electron chi connectivity index (χ3n) is 4.90. The average molecular weight is 328 g/mol. The van der Waals surface area contributed by atoms with Crippen molar-refractivity contribution >= 4 is 5.69 Å². The fraction of sp³-hybridized carbons (Fsp3) is 0.421. The molecule has 0 spiro atoms. The number of fused-ring (bicyclic) bond motifs is 1. The Morgan fingerprint density at radius 2 is 2.17 bits per heavy atom. The second-order valence-corrected chi connectivity index (χ2v) is 6.27. The van der Waals surface area contributed by atoms with Crippen LogP contribution in [0.4, 0.5) is 5.69 Å². The van der Waals surface area contributed by atoms with Crippen LogP contribution in [0, 0.1) is 6.92 Å². The van der Waals surface area contributed by atoms with Crippen molar-refractivity contribution in [2.45, 2.75) is 38.4 Å². The highest BCUT2D eigenvalue weighted by Crippen LogP contribution is 2.37. The van der Waals surface area contributed by atoms with Gasteiger partial charge in [-0.3, -0.25) is 4.98 Å². The molecule has 0 unspecified atom stereocenters. The highest BCUT2D eigenvalue weighted by molar-refractivity contribution is 5.51. The first-order valence-electron chi connectivity index (χ1n) is 8.32. The lowest BCUT2D eigenvalue weighted by molar-refractivity contribution is -0.0419. The van der Waals surface area contributed by atoms with Gasteiger partial charge in [0.2, 0.25) is 0 Å². The molecule has 5 nitrogen and oxygen atoms in total. The molecule has 0 saturated carbocycles. The van der Waals surface area contributed by atoms with Gasteiger partial charge in [0.25, 0.3) is 0 Å². The summed E-state index contributed by atoms with van der Waals surface area (Å²) in [5.74, 6) is 1.34. The molecule has 0 fully saturated rings. The Morgan fingerprint density at radius 3 is 2.92 bits per heavy atom. The number of nitrogens with zero attached hydrogens (tertiary/aromatic N) is 1. The van der Waals surface area contributed by atoms with Gasteiger partial charge in [-0.15, -0.1) is 0 Å². The van der Waals surface area contributed by atoms with Gasteiger partial charge in [-0.1, -0.05) is 6.07 Å². The maximum atomic E-state index is 9.47. The minimum Gasteiger partial charge on any atom is -0.496 e. The largest absolute Gasteiger partial charge is 0.496 e. The number of aliphatic hydroxyl groups is 2. The molecular formula is C19H24N2O3. The molecule has 128 valence electrons. The zero-order chi connectivity index (χ0) is 17.1. The summed E-state index contributed by atoms with van der Waals surface area (Å²) in [5, 5.41) is 22.3. The molecule has 1 aromatic heterocycles. The molecular weight excluding hydrogens is 304 g/mol. The first-order chi connectivity index (χ1) is 11.6. The van der Waals surface area contributed by atoms with Crippen molar-refractivity contribution in [1.82, 2.24) is 4.98 Å². The molecule has 1 atom stereocenters. The first kappa shape index (κ1) is 16.7. The molecule has 5 heteroatoms. The Labute approximate surface area is 142 Å². The summed E-state index contributed by atoms with van der Waals surface area (Å²) < 4.78 is 5.44. The van der Waals surface area contributed by atoms with E-state index in [2.05, 4.69) is 23.3 Å². The maximum Gasteiger partial charge on any atom is 0.180 e. The number of hydrogen-bond donors (Lipinski definition) is 3. The number of ether oxygens (including phenoxy) is 1. The molecule has 0 saturated heterocycles.